The van der Waals surface area contributed by atoms with E-state index in [0.29, 0.717) is 5.69 Å². The highest BCUT2D eigenvalue weighted by Gasteiger charge is 2.18. The van der Waals surface area contributed by atoms with Crippen molar-refractivity contribution in [2.75, 3.05) is 0 Å². The lowest BCUT2D eigenvalue weighted by Crippen LogP contribution is -2.10. The van der Waals surface area contributed by atoms with Gasteiger partial charge in [-0.15, -0.1) is 10.2 Å². The molecule has 0 bridgehead atoms. The van der Waals surface area contributed by atoms with E-state index in [1.54, 1.807) is 9.25 Å². The van der Waals surface area contributed by atoms with Crippen molar-refractivity contribution in [2.24, 2.45) is 10.2 Å². The van der Waals surface area contributed by atoms with Crippen LogP contribution in [-0.4, -0.2) is 25.4 Å². The summed E-state index contributed by atoms with van der Waals surface area (Å²) in [7, 11) is 0. The van der Waals surface area contributed by atoms with Gasteiger partial charge in [0.15, 0.2) is 5.69 Å². The van der Waals surface area contributed by atoms with Crippen LogP contribution in [0, 0.1) is 13.8 Å². The predicted molar refractivity (Wildman–Crippen MR) is 95.2 cm³/mol. The van der Waals surface area contributed by atoms with Crippen LogP contribution in [0.15, 0.2) is 40.6 Å². The van der Waals surface area contributed by atoms with Crippen molar-refractivity contribution in [3.05, 3.63) is 41.7 Å². The van der Waals surface area contributed by atoms with Crippen LogP contribution in [0.2, 0.25) is 0 Å². The van der Waals surface area contributed by atoms with Gasteiger partial charge in [0, 0.05) is 17.1 Å². The molecule has 0 fully saturated rings. The lowest BCUT2D eigenvalue weighted by atomic mass is 10.2. The van der Waals surface area contributed by atoms with E-state index < -0.39 is 5.91 Å². The minimum atomic E-state index is -0.424. The van der Waals surface area contributed by atoms with E-state index >= 15 is 0 Å². The first-order valence-corrected chi connectivity index (χ1v) is 8.16. The number of nitrogens with zero attached hydrogens (tertiary/aromatic N) is 5. The van der Waals surface area contributed by atoms with Gasteiger partial charge in [-0.25, -0.2) is 0 Å². The number of aromatic hydroxyl groups is 1. The fraction of sp³-hybridized carbons (Fsp3) is 0.333. The molecule has 1 aromatic carbocycles. The Hall–Kier alpha value is -2.96. The van der Waals surface area contributed by atoms with E-state index in [-0.39, 0.29) is 18.5 Å². The van der Waals surface area contributed by atoms with Gasteiger partial charge in [0.2, 0.25) is 5.88 Å². The van der Waals surface area contributed by atoms with Gasteiger partial charge in [0.25, 0.3) is 5.91 Å². The molecule has 2 aromatic heterocycles. The Morgan fingerprint density at radius 2 is 2.00 bits per heavy atom. The van der Waals surface area contributed by atoms with Gasteiger partial charge in [-0.1, -0.05) is 18.2 Å². The number of azo groups is 1. The number of hydrogen-bond donors (Lipinski definition) is 1. The SMILES string of the molecule is Cc1cc(C)n(CC(=O)N=Nc2c(O)n(C(C)C)c3ccccc23)n1. The number of benzene rings is 1. The summed E-state index contributed by atoms with van der Waals surface area (Å²) in [5, 5.41) is 23.3. The van der Waals surface area contributed by atoms with Crippen LogP contribution in [0.3, 0.4) is 0 Å². The number of aromatic nitrogens is 3. The summed E-state index contributed by atoms with van der Waals surface area (Å²) in [4.78, 5) is 12.1. The Labute approximate surface area is 145 Å². The zero-order valence-electron chi connectivity index (χ0n) is 14.8. The van der Waals surface area contributed by atoms with Gasteiger partial charge in [-0.2, -0.15) is 5.10 Å². The van der Waals surface area contributed by atoms with Gasteiger partial charge in [0.05, 0.1) is 11.2 Å². The summed E-state index contributed by atoms with van der Waals surface area (Å²) >= 11 is 0. The van der Waals surface area contributed by atoms with Crippen LogP contribution >= 0.6 is 0 Å². The maximum atomic E-state index is 12.1. The average Bonchev–Trinajstić information content (AvgIpc) is 3.01. The first-order valence-electron chi connectivity index (χ1n) is 8.16. The summed E-state index contributed by atoms with van der Waals surface area (Å²) in [5.41, 5.74) is 2.90. The zero-order valence-corrected chi connectivity index (χ0v) is 14.8. The molecular weight excluding hydrogens is 318 g/mol. The highest BCUT2D eigenvalue weighted by Crippen LogP contribution is 2.40. The maximum absolute atomic E-state index is 12.1. The van der Waals surface area contributed by atoms with Crippen LogP contribution in [0.25, 0.3) is 10.9 Å². The number of carbonyl (C=O) groups is 1. The Kier molecular flexibility index (Phi) is 4.39. The van der Waals surface area contributed by atoms with Crippen LogP contribution in [0.1, 0.15) is 31.3 Å². The predicted octanol–water partition coefficient (Wildman–Crippen LogP) is 4.05. The lowest BCUT2D eigenvalue weighted by Gasteiger charge is -2.10. The van der Waals surface area contributed by atoms with Crippen molar-refractivity contribution >= 4 is 22.5 Å². The molecule has 0 atom stereocenters. The molecule has 0 spiro atoms. The van der Waals surface area contributed by atoms with Crippen molar-refractivity contribution in [2.45, 2.75) is 40.3 Å². The highest BCUT2D eigenvalue weighted by molar-refractivity contribution is 5.95. The number of aryl methyl sites for hydroxylation is 2. The van der Waals surface area contributed by atoms with Gasteiger partial charge >= 0.3 is 0 Å². The van der Waals surface area contributed by atoms with Crippen molar-refractivity contribution < 1.29 is 9.90 Å². The number of para-hydroxylation sites is 1. The lowest BCUT2D eigenvalue weighted by molar-refractivity contribution is -0.119. The number of rotatable bonds is 4. The first-order chi connectivity index (χ1) is 11.9. The topological polar surface area (TPSA) is 84.8 Å². The van der Waals surface area contributed by atoms with E-state index in [4.69, 9.17) is 0 Å². The summed E-state index contributed by atoms with van der Waals surface area (Å²) < 4.78 is 3.36. The minimum absolute atomic E-state index is 0.0128. The molecule has 0 saturated carbocycles. The fourth-order valence-corrected chi connectivity index (χ4v) is 2.95. The molecule has 3 rings (SSSR count). The average molecular weight is 339 g/mol. The molecule has 0 saturated heterocycles. The quantitative estimate of drug-likeness (QED) is 0.728. The first kappa shape index (κ1) is 16.9. The Balaban J connectivity index is 1.92. The Morgan fingerprint density at radius 3 is 2.64 bits per heavy atom. The summed E-state index contributed by atoms with van der Waals surface area (Å²) in [6.45, 7) is 7.72. The molecule has 25 heavy (non-hydrogen) atoms. The molecule has 3 aromatic rings. The zero-order chi connectivity index (χ0) is 18.1. The third-order valence-electron chi connectivity index (χ3n) is 4.03. The third kappa shape index (κ3) is 3.17. The second-order valence-electron chi connectivity index (χ2n) is 6.33. The standard InChI is InChI=1S/C18H21N5O2/c1-11(2)23-15-8-6-5-7-14(15)17(18(23)25)20-19-16(24)10-22-13(4)9-12(3)21-22/h5-9,11,25H,10H2,1-4H3. The van der Waals surface area contributed by atoms with Crippen LogP contribution in [0.4, 0.5) is 5.69 Å². The molecular formula is C18H21N5O2. The van der Waals surface area contributed by atoms with Gasteiger partial charge in [-0.3, -0.25) is 9.48 Å². The van der Waals surface area contributed by atoms with Gasteiger partial charge in [0.1, 0.15) is 6.54 Å². The van der Waals surface area contributed by atoms with E-state index in [1.165, 1.54) is 0 Å². The monoisotopic (exact) mass is 339 g/mol. The summed E-state index contributed by atoms with van der Waals surface area (Å²) in [5.74, 6) is -0.411. The minimum Gasteiger partial charge on any atom is -0.493 e. The molecule has 0 aliphatic rings. The number of hydrogen-bond acceptors (Lipinski definition) is 4. The van der Waals surface area contributed by atoms with E-state index in [9.17, 15) is 9.90 Å². The van der Waals surface area contributed by atoms with Crippen molar-refractivity contribution in [1.82, 2.24) is 14.3 Å². The Morgan fingerprint density at radius 1 is 1.28 bits per heavy atom. The van der Waals surface area contributed by atoms with Crippen molar-refractivity contribution in [3.63, 3.8) is 0 Å². The van der Waals surface area contributed by atoms with Crippen LogP contribution < -0.4 is 0 Å². The van der Waals surface area contributed by atoms with Gasteiger partial charge in [-0.05, 0) is 39.8 Å². The van der Waals surface area contributed by atoms with Crippen LogP contribution in [-0.2, 0) is 11.3 Å². The maximum Gasteiger partial charge on any atom is 0.286 e. The summed E-state index contributed by atoms with van der Waals surface area (Å²) in [6, 6.07) is 9.48. The van der Waals surface area contributed by atoms with Crippen molar-refractivity contribution in [3.8, 4) is 5.88 Å². The molecule has 0 aliphatic carbocycles. The normalized spacial score (nSPS) is 11.9. The molecule has 0 aliphatic heterocycles. The highest BCUT2D eigenvalue weighted by atomic mass is 16.3. The number of fused-ring (bicyclic) bond motifs is 1. The van der Waals surface area contributed by atoms with Crippen molar-refractivity contribution in [1.29, 1.82) is 0 Å². The third-order valence-corrected chi connectivity index (χ3v) is 4.03. The van der Waals surface area contributed by atoms with Gasteiger partial charge < -0.3 is 9.67 Å². The van der Waals surface area contributed by atoms with E-state index in [0.717, 1.165) is 22.3 Å². The van der Waals surface area contributed by atoms with Crippen LogP contribution in [0.5, 0.6) is 5.88 Å². The second-order valence-corrected chi connectivity index (χ2v) is 6.33. The molecule has 2 heterocycles. The largest absolute Gasteiger partial charge is 0.493 e. The van der Waals surface area contributed by atoms with E-state index in [2.05, 4.69) is 15.3 Å². The number of carbonyl (C=O) groups excluding carboxylic acids is 1. The van der Waals surface area contributed by atoms with E-state index in [1.807, 2.05) is 58.0 Å². The molecule has 1 amide bonds. The second kappa shape index (κ2) is 6.51. The smallest absolute Gasteiger partial charge is 0.286 e. The molecule has 7 heteroatoms. The molecule has 0 unspecified atom stereocenters. The summed E-state index contributed by atoms with van der Waals surface area (Å²) in [6.07, 6.45) is 0. The molecule has 130 valence electrons. The Bertz CT molecular complexity index is 965. The number of amides is 1. The fourth-order valence-electron chi connectivity index (χ4n) is 2.95. The molecule has 7 nitrogen and oxygen atoms in total. The molecule has 1 N–H and O–H groups in total. The molecule has 0 radical (unpaired) electrons.